The topological polar surface area (TPSA) is 12.0 Å². The molecule has 1 nitrogen and oxygen atoms in total. The highest BCUT2D eigenvalue weighted by atomic mass is 79.9. The molecule has 0 bridgehead atoms. The first kappa shape index (κ1) is 11.7. The van der Waals surface area contributed by atoms with Gasteiger partial charge in [0.2, 0.25) is 0 Å². The van der Waals surface area contributed by atoms with E-state index >= 15 is 0 Å². The molecule has 0 aliphatic carbocycles. The number of benzene rings is 2. The number of nitrogens with one attached hydrogen (secondary N) is 1. The lowest BCUT2D eigenvalue weighted by molar-refractivity contribution is 0.576. The largest absolute Gasteiger partial charge is 0.378 e. The summed E-state index contributed by atoms with van der Waals surface area (Å²) in [7, 11) is 0. The highest BCUT2D eigenvalue weighted by Gasteiger charge is 2.22. The van der Waals surface area contributed by atoms with Crippen LogP contribution in [0.2, 0.25) is 0 Å². The van der Waals surface area contributed by atoms with Crippen LogP contribution in [0.3, 0.4) is 0 Å². The Labute approximate surface area is 112 Å². The zero-order valence-electron chi connectivity index (χ0n) is 9.38. The molecule has 3 rings (SSSR count). The van der Waals surface area contributed by atoms with Gasteiger partial charge >= 0.3 is 0 Å². The van der Waals surface area contributed by atoms with Crippen LogP contribution in [0.4, 0.5) is 14.5 Å². The molecule has 2 aromatic rings. The summed E-state index contributed by atoms with van der Waals surface area (Å²) < 4.78 is 27.4. The van der Waals surface area contributed by atoms with Gasteiger partial charge in [-0.25, -0.2) is 8.78 Å². The lowest BCUT2D eigenvalue weighted by atomic mass is 10.0. The first-order valence-electron chi connectivity index (χ1n) is 5.63. The Bertz CT molecular complexity index is 592. The Morgan fingerprint density at radius 2 is 1.78 bits per heavy atom. The molecule has 18 heavy (non-hydrogen) atoms. The predicted molar refractivity (Wildman–Crippen MR) is 70.6 cm³/mol. The summed E-state index contributed by atoms with van der Waals surface area (Å²) in [5.74, 6) is -1.08. The average Bonchev–Trinajstić information content (AvgIpc) is 2.70. The first-order valence-corrected chi connectivity index (χ1v) is 6.42. The second-order valence-corrected chi connectivity index (χ2v) is 5.32. The van der Waals surface area contributed by atoms with Crippen molar-refractivity contribution < 1.29 is 8.78 Å². The predicted octanol–water partition coefficient (Wildman–Crippen LogP) is 4.44. The van der Waals surface area contributed by atoms with Crippen molar-refractivity contribution >= 4 is 21.6 Å². The van der Waals surface area contributed by atoms with Gasteiger partial charge in [-0.3, -0.25) is 0 Å². The van der Waals surface area contributed by atoms with Crippen molar-refractivity contribution in [3.05, 3.63) is 63.6 Å². The molecule has 2 aromatic carbocycles. The Morgan fingerprint density at radius 3 is 2.50 bits per heavy atom. The fourth-order valence-corrected chi connectivity index (χ4v) is 2.66. The molecule has 1 N–H and O–H groups in total. The zero-order chi connectivity index (χ0) is 12.7. The van der Waals surface area contributed by atoms with Crippen LogP contribution in [-0.4, -0.2) is 0 Å². The number of hydrogen-bond acceptors (Lipinski definition) is 1. The molecule has 1 atom stereocenters. The summed E-state index contributed by atoms with van der Waals surface area (Å²) in [6.45, 7) is 0. The van der Waals surface area contributed by atoms with E-state index in [1.807, 2.05) is 18.2 Å². The summed E-state index contributed by atoms with van der Waals surface area (Å²) in [6.07, 6.45) is 0.742. The molecule has 0 spiro atoms. The smallest absolute Gasteiger partial charge is 0.126 e. The van der Waals surface area contributed by atoms with Crippen molar-refractivity contribution in [2.45, 2.75) is 12.5 Å². The molecule has 0 amide bonds. The summed E-state index contributed by atoms with van der Waals surface area (Å²) in [5.41, 5.74) is 2.81. The third-order valence-electron chi connectivity index (χ3n) is 3.11. The number of anilines is 1. The van der Waals surface area contributed by atoms with Gasteiger partial charge in [0.1, 0.15) is 11.6 Å². The van der Waals surface area contributed by atoms with Crippen LogP contribution in [0.15, 0.2) is 40.9 Å². The average molecular weight is 310 g/mol. The van der Waals surface area contributed by atoms with Crippen LogP contribution < -0.4 is 5.32 Å². The summed E-state index contributed by atoms with van der Waals surface area (Å²) in [4.78, 5) is 0. The van der Waals surface area contributed by atoms with Crippen molar-refractivity contribution in [1.82, 2.24) is 0 Å². The summed E-state index contributed by atoms with van der Waals surface area (Å²) >= 11 is 3.40. The van der Waals surface area contributed by atoms with Gasteiger partial charge in [0, 0.05) is 16.2 Å². The molecule has 1 heterocycles. The fourth-order valence-electron chi connectivity index (χ4n) is 2.30. The fraction of sp³-hybridized carbons (Fsp3) is 0.143. The quantitative estimate of drug-likeness (QED) is 0.821. The van der Waals surface area contributed by atoms with Gasteiger partial charge in [-0.15, -0.1) is 0 Å². The maximum Gasteiger partial charge on any atom is 0.126 e. The SMILES string of the molecule is Fc1cc(F)cc(C2Cc3ccc(Br)cc3N2)c1. The lowest BCUT2D eigenvalue weighted by Crippen LogP contribution is -2.06. The number of hydrogen-bond donors (Lipinski definition) is 1. The van der Waals surface area contributed by atoms with E-state index < -0.39 is 11.6 Å². The van der Waals surface area contributed by atoms with E-state index in [-0.39, 0.29) is 6.04 Å². The van der Waals surface area contributed by atoms with Crippen molar-refractivity contribution in [1.29, 1.82) is 0 Å². The molecular formula is C14H10BrF2N. The monoisotopic (exact) mass is 309 g/mol. The Hall–Kier alpha value is -1.42. The van der Waals surface area contributed by atoms with Crippen molar-refractivity contribution in [2.24, 2.45) is 0 Å². The van der Waals surface area contributed by atoms with Gasteiger partial charge in [0.05, 0.1) is 6.04 Å². The van der Waals surface area contributed by atoms with Crippen molar-refractivity contribution in [3.63, 3.8) is 0 Å². The first-order chi connectivity index (χ1) is 8.61. The van der Waals surface area contributed by atoms with Crippen LogP contribution in [0, 0.1) is 11.6 Å². The normalized spacial score (nSPS) is 17.4. The second-order valence-electron chi connectivity index (χ2n) is 4.41. The molecular weight excluding hydrogens is 300 g/mol. The summed E-state index contributed by atoms with van der Waals surface area (Å²) in [5, 5.41) is 3.28. The van der Waals surface area contributed by atoms with E-state index in [4.69, 9.17) is 0 Å². The van der Waals surface area contributed by atoms with Crippen LogP contribution in [0.1, 0.15) is 17.2 Å². The van der Waals surface area contributed by atoms with Gasteiger partial charge in [0.15, 0.2) is 0 Å². The molecule has 0 saturated heterocycles. The molecule has 1 unspecified atom stereocenters. The molecule has 0 saturated carbocycles. The maximum absolute atomic E-state index is 13.2. The third-order valence-corrected chi connectivity index (χ3v) is 3.61. The molecule has 1 aliphatic rings. The minimum atomic E-state index is -0.538. The molecule has 1 aliphatic heterocycles. The van der Waals surface area contributed by atoms with Crippen molar-refractivity contribution in [2.75, 3.05) is 5.32 Å². The van der Waals surface area contributed by atoms with Gasteiger partial charge in [-0.05, 0) is 41.8 Å². The Balaban J connectivity index is 1.93. The minimum Gasteiger partial charge on any atom is -0.378 e. The molecule has 0 fully saturated rings. The Morgan fingerprint density at radius 1 is 1.06 bits per heavy atom. The molecule has 4 heteroatoms. The molecule has 92 valence electrons. The number of halogens is 3. The van der Waals surface area contributed by atoms with Crippen LogP contribution >= 0.6 is 15.9 Å². The highest BCUT2D eigenvalue weighted by molar-refractivity contribution is 9.10. The van der Waals surface area contributed by atoms with E-state index in [1.54, 1.807) is 0 Å². The van der Waals surface area contributed by atoms with Gasteiger partial charge < -0.3 is 5.32 Å². The van der Waals surface area contributed by atoms with E-state index in [2.05, 4.69) is 21.2 Å². The zero-order valence-corrected chi connectivity index (χ0v) is 11.0. The Kier molecular flexibility index (Phi) is 2.82. The maximum atomic E-state index is 13.2. The van der Waals surface area contributed by atoms with Gasteiger partial charge in [-0.1, -0.05) is 22.0 Å². The number of rotatable bonds is 1. The highest BCUT2D eigenvalue weighted by Crippen LogP contribution is 2.36. The van der Waals surface area contributed by atoms with Crippen molar-refractivity contribution in [3.8, 4) is 0 Å². The van der Waals surface area contributed by atoms with E-state index in [0.717, 1.165) is 28.2 Å². The van der Waals surface area contributed by atoms with Gasteiger partial charge in [-0.2, -0.15) is 0 Å². The van der Waals surface area contributed by atoms with Gasteiger partial charge in [0.25, 0.3) is 0 Å². The third kappa shape index (κ3) is 2.12. The minimum absolute atomic E-state index is 0.0699. The van der Waals surface area contributed by atoms with Crippen LogP contribution in [0.5, 0.6) is 0 Å². The second kappa shape index (κ2) is 4.35. The number of fused-ring (bicyclic) bond motifs is 1. The summed E-state index contributed by atoms with van der Waals surface area (Å²) in [6, 6.07) is 9.53. The standard InChI is InChI=1S/C14H10BrF2N/c15-10-2-1-8-5-13(18-14(8)6-10)9-3-11(16)7-12(17)4-9/h1-4,6-7,13,18H,5H2. The van der Waals surface area contributed by atoms with E-state index in [1.165, 1.54) is 12.1 Å². The van der Waals surface area contributed by atoms with Crippen LogP contribution in [0.25, 0.3) is 0 Å². The molecule has 0 aromatic heterocycles. The van der Waals surface area contributed by atoms with E-state index in [9.17, 15) is 8.78 Å². The lowest BCUT2D eigenvalue weighted by Gasteiger charge is -2.12. The van der Waals surface area contributed by atoms with E-state index in [0.29, 0.717) is 5.56 Å². The van der Waals surface area contributed by atoms with Crippen LogP contribution in [-0.2, 0) is 6.42 Å². The molecule has 0 radical (unpaired) electrons.